The largest absolute Gasteiger partial charge is 0.416 e. The first kappa shape index (κ1) is 15.9. The van der Waals surface area contributed by atoms with Crippen molar-refractivity contribution in [3.8, 4) is 6.07 Å². The van der Waals surface area contributed by atoms with Crippen LogP contribution in [0.15, 0.2) is 18.2 Å². The van der Waals surface area contributed by atoms with Crippen molar-refractivity contribution in [1.82, 2.24) is 0 Å². The molecule has 0 aromatic heterocycles. The van der Waals surface area contributed by atoms with Gasteiger partial charge in [0.1, 0.15) is 12.1 Å². The second-order valence-corrected chi connectivity index (χ2v) is 3.92. The van der Waals surface area contributed by atoms with Crippen LogP contribution in [0.1, 0.15) is 11.1 Å². The van der Waals surface area contributed by atoms with E-state index < -0.39 is 23.7 Å². The van der Waals surface area contributed by atoms with Gasteiger partial charge in [-0.25, -0.2) is 0 Å². The Balaban J connectivity index is 2.98. The number of methoxy groups -OCH3 is 1. The van der Waals surface area contributed by atoms with Crippen LogP contribution in [0.25, 0.3) is 0 Å². The van der Waals surface area contributed by atoms with Crippen LogP contribution in [0.4, 0.5) is 18.9 Å². The smallest absolute Gasteiger partial charge is 0.383 e. The molecule has 0 aliphatic rings. The molecule has 0 bridgehead atoms. The van der Waals surface area contributed by atoms with Gasteiger partial charge in [-0.2, -0.15) is 18.4 Å². The van der Waals surface area contributed by atoms with E-state index in [2.05, 4.69) is 10.1 Å². The molecule has 0 saturated carbocycles. The average Bonchev–Trinajstić information content (AvgIpc) is 2.38. The van der Waals surface area contributed by atoms with E-state index in [1.165, 1.54) is 7.11 Å². The van der Waals surface area contributed by atoms with E-state index in [0.29, 0.717) is 6.07 Å². The number of nitrogens with zero attached hydrogens (tertiary/aromatic N) is 1. The molecule has 1 rings (SSSR count). The molecule has 3 N–H and O–H groups in total. The van der Waals surface area contributed by atoms with Crippen LogP contribution in [-0.2, 0) is 15.7 Å². The summed E-state index contributed by atoms with van der Waals surface area (Å²) in [6, 6.07) is 3.07. The quantitative estimate of drug-likeness (QED) is 0.878. The summed E-state index contributed by atoms with van der Waals surface area (Å²) in [5.74, 6) is -0.650. The third kappa shape index (κ3) is 3.94. The van der Waals surface area contributed by atoms with Crippen LogP contribution in [0.2, 0.25) is 0 Å². The number of carbonyl (C=O) groups excluding carboxylic acids is 1. The molecule has 1 aromatic rings. The summed E-state index contributed by atoms with van der Waals surface area (Å²) in [6.07, 6.45) is -4.55. The predicted octanol–water partition coefficient (Wildman–Crippen LogP) is 1.49. The van der Waals surface area contributed by atoms with E-state index in [-0.39, 0.29) is 17.9 Å². The average molecular weight is 287 g/mol. The van der Waals surface area contributed by atoms with Crippen molar-refractivity contribution >= 4 is 11.6 Å². The summed E-state index contributed by atoms with van der Waals surface area (Å²) >= 11 is 0. The van der Waals surface area contributed by atoms with Gasteiger partial charge >= 0.3 is 6.18 Å². The lowest BCUT2D eigenvalue weighted by Gasteiger charge is -2.13. The number of amides is 1. The molecule has 0 saturated heterocycles. The molecule has 20 heavy (non-hydrogen) atoms. The number of hydrogen-bond donors (Lipinski definition) is 2. The van der Waals surface area contributed by atoms with E-state index in [1.54, 1.807) is 6.07 Å². The van der Waals surface area contributed by atoms with Gasteiger partial charge in [0.15, 0.2) is 0 Å². The Morgan fingerprint density at radius 3 is 2.70 bits per heavy atom. The topological polar surface area (TPSA) is 88.1 Å². The standard InChI is InChI=1S/C12H12F3N3O2/c1-20-6-9(17)11(19)18-10-3-2-8(12(13,14)15)4-7(10)5-16/h2-4,9H,6,17H2,1H3,(H,18,19). The predicted molar refractivity (Wildman–Crippen MR) is 64.6 cm³/mol. The highest BCUT2D eigenvalue weighted by Crippen LogP contribution is 2.31. The number of benzene rings is 1. The third-order valence-corrected chi connectivity index (χ3v) is 2.41. The zero-order chi connectivity index (χ0) is 15.3. The SMILES string of the molecule is COCC(N)C(=O)Nc1ccc(C(F)(F)F)cc1C#N. The van der Waals surface area contributed by atoms with Crippen molar-refractivity contribution in [2.24, 2.45) is 5.73 Å². The van der Waals surface area contributed by atoms with Gasteiger partial charge in [0.05, 0.1) is 23.4 Å². The third-order valence-electron chi connectivity index (χ3n) is 2.41. The molecule has 1 atom stereocenters. The summed E-state index contributed by atoms with van der Waals surface area (Å²) in [6.45, 7) is -0.0473. The Bertz CT molecular complexity index is 538. The first-order valence-corrected chi connectivity index (χ1v) is 5.46. The molecule has 108 valence electrons. The highest BCUT2D eigenvalue weighted by molar-refractivity contribution is 5.95. The maximum Gasteiger partial charge on any atom is 0.416 e. The fourth-order valence-corrected chi connectivity index (χ4v) is 1.40. The number of nitriles is 1. The number of carbonyl (C=O) groups is 1. The maximum absolute atomic E-state index is 12.5. The number of hydrogen-bond acceptors (Lipinski definition) is 4. The van der Waals surface area contributed by atoms with Crippen LogP contribution in [0, 0.1) is 11.3 Å². The molecule has 1 aromatic carbocycles. The van der Waals surface area contributed by atoms with Gasteiger partial charge in [0.25, 0.3) is 0 Å². The minimum atomic E-state index is -4.55. The Kier molecular flexibility index (Phi) is 5.07. The summed E-state index contributed by atoms with van der Waals surface area (Å²) in [5, 5.41) is 11.1. The van der Waals surface area contributed by atoms with Crippen molar-refractivity contribution in [2.45, 2.75) is 12.2 Å². The molecular formula is C12H12F3N3O2. The van der Waals surface area contributed by atoms with Crippen molar-refractivity contribution in [2.75, 3.05) is 19.0 Å². The summed E-state index contributed by atoms with van der Waals surface area (Å²) in [7, 11) is 1.35. The molecule has 0 aliphatic heterocycles. The van der Waals surface area contributed by atoms with E-state index in [9.17, 15) is 18.0 Å². The minimum Gasteiger partial charge on any atom is -0.383 e. The van der Waals surface area contributed by atoms with Gasteiger partial charge in [0.2, 0.25) is 5.91 Å². The Labute approximate surface area is 113 Å². The van der Waals surface area contributed by atoms with Crippen molar-refractivity contribution in [1.29, 1.82) is 5.26 Å². The molecular weight excluding hydrogens is 275 g/mol. The summed E-state index contributed by atoms with van der Waals surface area (Å²) < 4.78 is 42.2. The zero-order valence-electron chi connectivity index (χ0n) is 10.5. The molecule has 1 unspecified atom stereocenters. The summed E-state index contributed by atoms with van der Waals surface area (Å²) in [5.41, 5.74) is 4.18. The zero-order valence-corrected chi connectivity index (χ0v) is 10.5. The van der Waals surface area contributed by atoms with Gasteiger partial charge in [0, 0.05) is 7.11 Å². The number of halogens is 3. The van der Waals surface area contributed by atoms with E-state index in [1.807, 2.05) is 0 Å². The second-order valence-electron chi connectivity index (χ2n) is 3.92. The van der Waals surface area contributed by atoms with Gasteiger partial charge in [-0.05, 0) is 18.2 Å². The van der Waals surface area contributed by atoms with Gasteiger partial charge in [-0.3, -0.25) is 4.79 Å². The fraction of sp³-hybridized carbons (Fsp3) is 0.333. The van der Waals surface area contributed by atoms with Gasteiger partial charge in [-0.1, -0.05) is 0 Å². The van der Waals surface area contributed by atoms with Crippen LogP contribution in [0.5, 0.6) is 0 Å². The van der Waals surface area contributed by atoms with Crippen LogP contribution in [-0.4, -0.2) is 25.7 Å². The number of nitrogens with two attached hydrogens (primary N) is 1. The van der Waals surface area contributed by atoms with E-state index >= 15 is 0 Å². The lowest BCUT2D eigenvalue weighted by molar-refractivity contribution is -0.137. The van der Waals surface area contributed by atoms with Crippen molar-refractivity contribution in [3.05, 3.63) is 29.3 Å². The molecule has 5 nitrogen and oxygen atoms in total. The summed E-state index contributed by atoms with van der Waals surface area (Å²) in [4.78, 5) is 11.6. The minimum absolute atomic E-state index is 0.0305. The van der Waals surface area contributed by atoms with Crippen molar-refractivity contribution in [3.63, 3.8) is 0 Å². The van der Waals surface area contributed by atoms with Crippen LogP contribution in [0.3, 0.4) is 0 Å². The Hall–Kier alpha value is -2.11. The van der Waals surface area contributed by atoms with Gasteiger partial charge < -0.3 is 15.8 Å². The van der Waals surface area contributed by atoms with Crippen molar-refractivity contribution < 1.29 is 22.7 Å². The monoisotopic (exact) mass is 287 g/mol. The van der Waals surface area contributed by atoms with E-state index in [0.717, 1.165) is 12.1 Å². The second kappa shape index (κ2) is 6.36. The number of alkyl halides is 3. The van der Waals surface area contributed by atoms with Crippen LogP contribution < -0.4 is 11.1 Å². The van der Waals surface area contributed by atoms with Crippen LogP contribution >= 0.6 is 0 Å². The fourth-order valence-electron chi connectivity index (χ4n) is 1.40. The first-order chi connectivity index (χ1) is 9.29. The lowest BCUT2D eigenvalue weighted by atomic mass is 10.1. The number of nitrogens with one attached hydrogen (secondary N) is 1. The molecule has 0 fully saturated rings. The first-order valence-electron chi connectivity index (χ1n) is 5.46. The van der Waals surface area contributed by atoms with Gasteiger partial charge in [-0.15, -0.1) is 0 Å². The highest BCUT2D eigenvalue weighted by Gasteiger charge is 2.31. The lowest BCUT2D eigenvalue weighted by Crippen LogP contribution is -2.39. The number of ether oxygens (including phenoxy) is 1. The maximum atomic E-state index is 12.5. The number of anilines is 1. The molecule has 0 aliphatic carbocycles. The number of rotatable bonds is 4. The molecule has 8 heteroatoms. The Morgan fingerprint density at radius 2 is 2.20 bits per heavy atom. The molecule has 0 spiro atoms. The molecule has 0 heterocycles. The molecule has 0 radical (unpaired) electrons. The molecule has 1 amide bonds. The highest BCUT2D eigenvalue weighted by atomic mass is 19.4. The van der Waals surface area contributed by atoms with E-state index in [4.69, 9.17) is 11.0 Å². The Morgan fingerprint density at radius 1 is 1.55 bits per heavy atom. The normalized spacial score (nSPS) is 12.6.